The van der Waals surface area contributed by atoms with Gasteiger partial charge in [0.1, 0.15) is 18.0 Å². The van der Waals surface area contributed by atoms with Crippen LogP contribution in [0.5, 0.6) is 5.75 Å². The molecule has 14 nitrogen and oxygen atoms in total. The third-order valence-electron chi connectivity index (χ3n) is 10.3. The summed E-state index contributed by atoms with van der Waals surface area (Å²) in [7, 11) is 0. The third-order valence-corrected chi connectivity index (χ3v) is 10.3. The van der Waals surface area contributed by atoms with E-state index in [0.717, 1.165) is 17.2 Å². The van der Waals surface area contributed by atoms with Crippen molar-refractivity contribution in [2.75, 3.05) is 29.9 Å². The molecule has 57 heavy (non-hydrogen) atoms. The second-order valence-corrected chi connectivity index (χ2v) is 14.1. The Morgan fingerprint density at radius 1 is 0.912 bits per heavy atom. The summed E-state index contributed by atoms with van der Waals surface area (Å²) in [5.74, 6) is -3.34. The molecule has 3 heterocycles. The van der Waals surface area contributed by atoms with Gasteiger partial charge >= 0.3 is 12.1 Å². The van der Waals surface area contributed by atoms with Crippen LogP contribution >= 0.6 is 0 Å². The van der Waals surface area contributed by atoms with Gasteiger partial charge in [0.15, 0.2) is 17.0 Å². The van der Waals surface area contributed by atoms with Crippen molar-refractivity contribution in [1.29, 1.82) is 0 Å². The van der Waals surface area contributed by atoms with Gasteiger partial charge in [-0.3, -0.25) is 9.59 Å². The van der Waals surface area contributed by atoms with Crippen LogP contribution in [0.1, 0.15) is 59.6 Å². The van der Waals surface area contributed by atoms with Crippen molar-refractivity contribution in [2.45, 2.75) is 68.6 Å². The maximum absolute atomic E-state index is 13.3. The second kappa shape index (κ2) is 16.6. The SMILES string of the molecule is CCC(=O)N[C@H]1C[C@@H](n2cnc3c(NCC(c4ccccc4)c4ccccc4)nc(N4CC[C@@H](NC(=O)c5ccccc5OC(=O)C(F)(F)F)C4)nc32)[C@H](O)[C@@H]1O. The first-order valence-electron chi connectivity index (χ1n) is 18.6. The van der Waals surface area contributed by atoms with E-state index in [9.17, 15) is 37.8 Å². The molecule has 2 aromatic heterocycles. The predicted octanol–water partition coefficient (Wildman–Crippen LogP) is 4.11. The number of hydrogen-bond acceptors (Lipinski definition) is 11. The van der Waals surface area contributed by atoms with Crippen molar-refractivity contribution in [3.63, 3.8) is 0 Å². The van der Waals surface area contributed by atoms with Crippen LogP contribution in [-0.2, 0) is 9.59 Å². The summed E-state index contributed by atoms with van der Waals surface area (Å²) in [4.78, 5) is 53.4. The van der Waals surface area contributed by atoms with Crippen molar-refractivity contribution in [3.05, 3.63) is 108 Å². The van der Waals surface area contributed by atoms with Crippen molar-refractivity contribution in [2.24, 2.45) is 0 Å². The van der Waals surface area contributed by atoms with Crippen LogP contribution in [0, 0.1) is 0 Å². The maximum atomic E-state index is 13.3. The fourth-order valence-corrected chi connectivity index (χ4v) is 7.37. The molecule has 0 radical (unpaired) electrons. The van der Waals surface area contributed by atoms with Gasteiger partial charge in [-0.05, 0) is 36.1 Å². The molecular weight excluding hydrogens is 745 g/mol. The highest BCUT2D eigenvalue weighted by Gasteiger charge is 2.44. The number of nitrogens with zero attached hydrogens (tertiary/aromatic N) is 5. The lowest BCUT2D eigenvalue weighted by Crippen LogP contribution is -2.42. The highest BCUT2D eigenvalue weighted by molar-refractivity contribution is 5.98. The molecule has 2 fully saturated rings. The number of aliphatic hydroxyl groups excluding tert-OH is 2. The molecule has 17 heteroatoms. The van der Waals surface area contributed by atoms with Gasteiger partial charge in [-0.2, -0.15) is 23.1 Å². The lowest BCUT2D eigenvalue weighted by Gasteiger charge is -2.22. The number of para-hydroxylation sites is 1. The number of amides is 2. The zero-order valence-electron chi connectivity index (χ0n) is 30.8. The van der Waals surface area contributed by atoms with Crippen molar-refractivity contribution >= 4 is 40.7 Å². The van der Waals surface area contributed by atoms with Gasteiger partial charge in [0.2, 0.25) is 11.9 Å². The molecule has 3 aromatic carbocycles. The van der Waals surface area contributed by atoms with Crippen molar-refractivity contribution in [3.8, 4) is 5.75 Å². The molecular formula is C40H41F3N8O6. The fourth-order valence-electron chi connectivity index (χ4n) is 7.37. The topological polar surface area (TPSA) is 184 Å². The summed E-state index contributed by atoms with van der Waals surface area (Å²) < 4.78 is 45.0. The number of hydrogen-bond donors (Lipinski definition) is 5. The first-order chi connectivity index (χ1) is 27.4. The third kappa shape index (κ3) is 8.53. The Morgan fingerprint density at radius 3 is 2.25 bits per heavy atom. The Morgan fingerprint density at radius 2 is 1.58 bits per heavy atom. The molecule has 1 aliphatic heterocycles. The predicted molar refractivity (Wildman–Crippen MR) is 203 cm³/mol. The van der Waals surface area contributed by atoms with E-state index in [1.165, 1.54) is 24.5 Å². The molecule has 2 amide bonds. The molecule has 2 aliphatic rings. The minimum Gasteiger partial charge on any atom is -0.419 e. The average molecular weight is 787 g/mol. The van der Waals surface area contributed by atoms with E-state index in [4.69, 9.17) is 9.97 Å². The van der Waals surface area contributed by atoms with Crippen molar-refractivity contribution < 1.29 is 42.5 Å². The van der Waals surface area contributed by atoms with E-state index in [1.807, 2.05) is 65.6 Å². The quantitative estimate of drug-likeness (QED) is 0.0907. The number of halogens is 3. The standard InChI is InChI=1S/C40H41F3N8O6/c1-2-31(52)47-28-19-29(34(54)33(28)53)51-22-45-32-35(44-20-27(23-11-5-3-6-12-23)24-13-7-4-8-14-24)48-39(49-36(32)51)50-18-17-25(21-50)46-37(55)26-15-9-10-16-30(26)57-38(56)40(41,42)43/h3-16,22,25,27-29,33-34,53-54H,2,17-21H2,1H3,(H,46,55)(H,47,52)(H,44,48,49)/t25-,28+,29-,33-,34+/m1/s1. The lowest BCUT2D eigenvalue weighted by molar-refractivity contribution is -0.189. The summed E-state index contributed by atoms with van der Waals surface area (Å²) in [6.45, 7) is 2.73. The number of aliphatic hydroxyl groups is 2. The van der Waals surface area contributed by atoms with Gasteiger partial charge in [0, 0.05) is 38.0 Å². The number of carbonyl (C=O) groups excluding carboxylic acids is 3. The van der Waals surface area contributed by atoms with Crippen LogP contribution < -0.4 is 25.6 Å². The average Bonchev–Trinajstić information content (AvgIpc) is 3.93. The second-order valence-electron chi connectivity index (χ2n) is 14.1. The molecule has 0 spiro atoms. The number of ether oxygens (including phenoxy) is 1. The number of esters is 1. The van der Waals surface area contributed by atoms with Crippen LogP contribution in [-0.4, -0.2) is 97.6 Å². The molecule has 5 N–H and O–H groups in total. The number of aromatic nitrogens is 4. The van der Waals surface area contributed by atoms with Gasteiger partial charge in [0.25, 0.3) is 5.91 Å². The summed E-state index contributed by atoms with van der Waals surface area (Å²) in [6.07, 6.45) is -5.34. The van der Waals surface area contributed by atoms with Crippen molar-refractivity contribution in [1.82, 2.24) is 30.2 Å². The van der Waals surface area contributed by atoms with Gasteiger partial charge in [-0.15, -0.1) is 0 Å². The van der Waals surface area contributed by atoms with Crippen LogP contribution in [0.4, 0.5) is 24.9 Å². The number of fused-ring (bicyclic) bond motifs is 1. The van der Waals surface area contributed by atoms with Crippen LogP contribution in [0.15, 0.2) is 91.3 Å². The largest absolute Gasteiger partial charge is 0.491 e. The number of nitrogens with one attached hydrogen (secondary N) is 3. The smallest absolute Gasteiger partial charge is 0.419 e. The fraction of sp³-hybridized carbons (Fsp3) is 0.350. The van der Waals surface area contributed by atoms with Gasteiger partial charge in [-0.1, -0.05) is 79.7 Å². The maximum Gasteiger partial charge on any atom is 0.491 e. The number of benzene rings is 3. The monoisotopic (exact) mass is 786 g/mol. The minimum atomic E-state index is -5.24. The Hall–Kier alpha value is -6.07. The van der Waals surface area contributed by atoms with Gasteiger partial charge in [0.05, 0.1) is 24.0 Å². The highest BCUT2D eigenvalue weighted by atomic mass is 19.4. The molecule has 7 rings (SSSR count). The van der Waals surface area contributed by atoms with Gasteiger partial charge in [-0.25, -0.2) is 9.78 Å². The number of alkyl halides is 3. The number of carbonyl (C=O) groups is 3. The van der Waals surface area contributed by atoms with E-state index >= 15 is 0 Å². The number of imidazole rings is 1. The van der Waals surface area contributed by atoms with E-state index < -0.39 is 54.1 Å². The van der Waals surface area contributed by atoms with E-state index in [1.54, 1.807) is 11.5 Å². The zero-order valence-corrected chi connectivity index (χ0v) is 30.8. The van der Waals surface area contributed by atoms with Crippen LogP contribution in [0.2, 0.25) is 0 Å². The van der Waals surface area contributed by atoms with Crippen LogP contribution in [0.3, 0.4) is 0 Å². The molecule has 5 atom stereocenters. The summed E-state index contributed by atoms with van der Waals surface area (Å²) >= 11 is 0. The molecule has 0 bridgehead atoms. The lowest BCUT2D eigenvalue weighted by atomic mass is 9.91. The van der Waals surface area contributed by atoms with E-state index in [-0.39, 0.29) is 42.7 Å². The molecule has 0 unspecified atom stereocenters. The Labute approximate surface area is 325 Å². The molecule has 5 aromatic rings. The summed E-state index contributed by atoms with van der Waals surface area (Å²) in [6, 6.07) is 23.3. The first-order valence-corrected chi connectivity index (χ1v) is 18.6. The Balaban J connectivity index is 1.18. The Bertz CT molecular complexity index is 2180. The van der Waals surface area contributed by atoms with Gasteiger partial charge < -0.3 is 40.4 Å². The zero-order chi connectivity index (χ0) is 40.3. The molecule has 1 aliphatic carbocycles. The molecule has 1 saturated carbocycles. The highest BCUT2D eigenvalue weighted by Crippen LogP contribution is 2.36. The van der Waals surface area contributed by atoms with E-state index in [0.29, 0.717) is 36.5 Å². The Kier molecular flexibility index (Phi) is 11.4. The number of anilines is 2. The summed E-state index contributed by atoms with van der Waals surface area (Å²) in [5.41, 5.74) is 2.69. The van der Waals surface area contributed by atoms with Crippen LogP contribution in [0.25, 0.3) is 11.2 Å². The minimum absolute atomic E-state index is 0.0812. The first kappa shape index (κ1) is 39.2. The van der Waals surface area contributed by atoms with E-state index in [2.05, 4.69) is 25.7 Å². The molecule has 298 valence electrons. The summed E-state index contributed by atoms with van der Waals surface area (Å²) in [5, 5.41) is 31.2. The normalized spacial score (nSPS) is 20.8. The molecule has 1 saturated heterocycles. The number of rotatable bonds is 12.